The molecular weight excluding hydrogens is 409 g/mol. The molecule has 3 amide bonds. The van der Waals surface area contributed by atoms with E-state index < -0.39 is 29.9 Å². The van der Waals surface area contributed by atoms with E-state index >= 15 is 0 Å². The molecule has 0 aliphatic carbocycles. The Kier molecular flexibility index (Phi) is 7.67. The molecule has 3 rings (SSSR count). The molecule has 1 aromatic carbocycles. The molecule has 31 heavy (non-hydrogen) atoms. The van der Waals surface area contributed by atoms with Gasteiger partial charge in [-0.05, 0) is 37.0 Å². The smallest absolute Gasteiger partial charge is 0.278 e. The van der Waals surface area contributed by atoms with E-state index in [2.05, 4.69) is 5.32 Å². The van der Waals surface area contributed by atoms with Crippen LogP contribution in [0.15, 0.2) is 18.2 Å². The van der Waals surface area contributed by atoms with Gasteiger partial charge in [-0.15, -0.1) is 0 Å². The van der Waals surface area contributed by atoms with Crippen molar-refractivity contribution in [1.29, 1.82) is 0 Å². The van der Waals surface area contributed by atoms with Gasteiger partial charge < -0.3 is 19.7 Å². The molecule has 3 N–H and O–H groups in total. The first-order valence-electron chi connectivity index (χ1n) is 10.5. The predicted octanol–water partition coefficient (Wildman–Crippen LogP) is 1.67. The Morgan fingerprint density at radius 1 is 1.29 bits per heavy atom. The number of rotatable bonds is 9. The van der Waals surface area contributed by atoms with E-state index in [1.54, 1.807) is 12.1 Å². The number of hydrogen-bond donors (Lipinski definition) is 3. The molecule has 0 bridgehead atoms. The molecule has 9 nitrogen and oxygen atoms in total. The minimum Gasteiger partial charge on any atom is -0.454 e. The van der Waals surface area contributed by atoms with Crippen LogP contribution >= 0.6 is 0 Å². The highest BCUT2D eigenvalue weighted by Gasteiger charge is 2.41. The van der Waals surface area contributed by atoms with Crippen LogP contribution in [0, 0.1) is 5.92 Å². The number of hydrogen-bond acceptors (Lipinski definition) is 6. The van der Waals surface area contributed by atoms with Crippen LogP contribution in [-0.2, 0) is 20.9 Å². The van der Waals surface area contributed by atoms with Gasteiger partial charge in [0.25, 0.3) is 5.91 Å². The summed E-state index contributed by atoms with van der Waals surface area (Å²) >= 11 is 0. The molecule has 2 aliphatic rings. The van der Waals surface area contributed by atoms with Crippen molar-refractivity contribution in [3.8, 4) is 11.5 Å². The van der Waals surface area contributed by atoms with Crippen molar-refractivity contribution in [2.45, 2.75) is 57.8 Å². The van der Waals surface area contributed by atoms with Gasteiger partial charge in [0.2, 0.25) is 18.6 Å². The van der Waals surface area contributed by atoms with Crippen molar-refractivity contribution in [3.05, 3.63) is 23.8 Å². The number of fused-ring (bicyclic) bond motifs is 1. The lowest BCUT2D eigenvalue weighted by Crippen LogP contribution is -2.50. The topological polar surface area (TPSA) is 117 Å². The summed E-state index contributed by atoms with van der Waals surface area (Å²) in [5.74, 6) is -2.15. The fraction of sp³-hybridized carbons (Fsp3) is 0.571. The number of likely N-dealkylation sites (tertiary alicyclic amines) is 1. The first kappa shape index (κ1) is 22.8. The molecule has 170 valence electrons. The molecule has 2 aliphatic heterocycles. The summed E-state index contributed by atoms with van der Waals surface area (Å²) < 4.78 is 25.1. The number of hydroxylamine groups is 1. The van der Waals surface area contributed by atoms with Gasteiger partial charge in [0.15, 0.2) is 17.7 Å². The van der Waals surface area contributed by atoms with Crippen LogP contribution in [0.5, 0.6) is 11.5 Å². The highest BCUT2D eigenvalue weighted by molar-refractivity contribution is 5.92. The summed E-state index contributed by atoms with van der Waals surface area (Å²) in [5.41, 5.74) is 2.09. The maximum Gasteiger partial charge on any atom is 0.278 e. The van der Waals surface area contributed by atoms with Crippen molar-refractivity contribution < 1.29 is 33.5 Å². The van der Waals surface area contributed by atoms with E-state index in [9.17, 15) is 18.8 Å². The number of benzene rings is 1. The minimum absolute atomic E-state index is 0.159. The molecule has 1 aromatic rings. The largest absolute Gasteiger partial charge is 0.454 e. The van der Waals surface area contributed by atoms with Crippen LogP contribution in [0.25, 0.3) is 0 Å². The van der Waals surface area contributed by atoms with E-state index in [0.717, 1.165) is 12.0 Å². The average Bonchev–Trinajstić information content (AvgIpc) is 3.45. The number of nitrogens with one attached hydrogen (secondary N) is 2. The Hall–Kier alpha value is -2.88. The Labute approximate surface area is 179 Å². The second kappa shape index (κ2) is 10.4. The summed E-state index contributed by atoms with van der Waals surface area (Å²) in [6.07, 6.45) is 0.314. The number of carbonyl (C=O) groups excluding carboxylic acids is 3. The number of nitrogens with zero attached hydrogens (tertiary/aromatic N) is 1. The zero-order valence-electron chi connectivity index (χ0n) is 17.4. The van der Waals surface area contributed by atoms with Crippen molar-refractivity contribution in [3.63, 3.8) is 0 Å². The molecule has 1 fully saturated rings. The standard InChI is InChI=1S/C21H28FN3O6/c1-2-3-5-14(18(22)20(27)24-29)21(28)25-9-4-6-15(25)19(26)23-11-13-7-8-16-17(10-13)31-12-30-16/h7-8,10,14-15,18,29H,2-6,9,11-12H2,1H3,(H,23,26)(H,24,27). The molecule has 0 aromatic heterocycles. The van der Waals surface area contributed by atoms with Crippen molar-refractivity contribution in [2.24, 2.45) is 5.92 Å². The quantitative estimate of drug-likeness (QED) is 0.400. The van der Waals surface area contributed by atoms with E-state index in [1.807, 2.05) is 13.0 Å². The fourth-order valence-electron chi connectivity index (χ4n) is 3.94. The normalized spacial score (nSPS) is 19.1. The van der Waals surface area contributed by atoms with Gasteiger partial charge in [-0.1, -0.05) is 25.8 Å². The van der Waals surface area contributed by atoms with Gasteiger partial charge in [0.05, 0.1) is 5.92 Å². The number of halogens is 1. The molecule has 1 saturated heterocycles. The van der Waals surface area contributed by atoms with E-state index in [1.165, 1.54) is 10.4 Å². The highest BCUT2D eigenvalue weighted by atomic mass is 19.1. The molecule has 0 radical (unpaired) electrons. The first-order chi connectivity index (χ1) is 15.0. The maximum absolute atomic E-state index is 14.6. The highest BCUT2D eigenvalue weighted by Crippen LogP contribution is 2.32. The minimum atomic E-state index is -2.18. The number of amides is 3. The molecule has 3 atom stereocenters. The molecule has 0 spiro atoms. The van der Waals surface area contributed by atoms with Gasteiger partial charge >= 0.3 is 0 Å². The number of unbranched alkanes of at least 4 members (excludes halogenated alkanes) is 1. The van der Waals surface area contributed by atoms with Crippen molar-refractivity contribution >= 4 is 17.7 Å². The average molecular weight is 437 g/mol. The predicted molar refractivity (Wildman–Crippen MR) is 107 cm³/mol. The van der Waals surface area contributed by atoms with Gasteiger partial charge in [0.1, 0.15) is 6.04 Å². The van der Waals surface area contributed by atoms with Crippen LogP contribution < -0.4 is 20.3 Å². The lowest BCUT2D eigenvalue weighted by atomic mass is 9.94. The van der Waals surface area contributed by atoms with E-state index in [4.69, 9.17) is 14.7 Å². The summed E-state index contributed by atoms with van der Waals surface area (Å²) in [6, 6.07) is 4.63. The van der Waals surface area contributed by atoms with Crippen LogP contribution in [0.3, 0.4) is 0 Å². The third-order valence-electron chi connectivity index (χ3n) is 5.64. The van der Waals surface area contributed by atoms with Crippen molar-refractivity contribution in [1.82, 2.24) is 15.7 Å². The second-order valence-corrected chi connectivity index (χ2v) is 7.72. The lowest BCUT2D eigenvalue weighted by molar-refractivity contribution is -0.149. The molecule has 2 heterocycles. The van der Waals surface area contributed by atoms with Crippen LogP contribution in [0.4, 0.5) is 4.39 Å². The van der Waals surface area contributed by atoms with Crippen molar-refractivity contribution in [2.75, 3.05) is 13.3 Å². The maximum atomic E-state index is 14.6. The summed E-state index contributed by atoms with van der Waals surface area (Å²) in [6.45, 7) is 2.61. The van der Waals surface area contributed by atoms with Gasteiger partial charge in [0, 0.05) is 13.1 Å². The first-order valence-corrected chi connectivity index (χ1v) is 10.5. The van der Waals surface area contributed by atoms with Crippen LogP contribution in [0.1, 0.15) is 44.6 Å². The fourth-order valence-corrected chi connectivity index (χ4v) is 3.94. The van der Waals surface area contributed by atoms with Gasteiger partial charge in [-0.3, -0.25) is 19.6 Å². The number of carbonyl (C=O) groups is 3. The zero-order chi connectivity index (χ0) is 22.4. The van der Waals surface area contributed by atoms with Gasteiger partial charge in [-0.2, -0.15) is 0 Å². The third-order valence-corrected chi connectivity index (χ3v) is 5.64. The van der Waals surface area contributed by atoms with E-state index in [0.29, 0.717) is 37.3 Å². The lowest BCUT2D eigenvalue weighted by Gasteiger charge is -2.29. The molecule has 10 heteroatoms. The SMILES string of the molecule is CCCCC(C(=O)N1CCCC1C(=O)NCc1ccc2c(c1)OCO2)C(F)C(=O)NO. The number of ether oxygens (including phenoxy) is 2. The summed E-state index contributed by atoms with van der Waals surface area (Å²) in [5, 5.41) is 11.6. The Balaban J connectivity index is 1.64. The van der Waals surface area contributed by atoms with Crippen LogP contribution in [0.2, 0.25) is 0 Å². The number of alkyl halides is 1. The second-order valence-electron chi connectivity index (χ2n) is 7.72. The Morgan fingerprint density at radius 3 is 2.81 bits per heavy atom. The Morgan fingerprint density at radius 2 is 2.06 bits per heavy atom. The Bertz CT molecular complexity index is 820. The molecule has 0 saturated carbocycles. The molecule has 3 unspecified atom stereocenters. The zero-order valence-corrected chi connectivity index (χ0v) is 17.4. The summed E-state index contributed by atoms with van der Waals surface area (Å²) in [4.78, 5) is 38.8. The van der Waals surface area contributed by atoms with Crippen LogP contribution in [-0.4, -0.2) is 53.4 Å². The van der Waals surface area contributed by atoms with Gasteiger partial charge in [-0.25, -0.2) is 9.87 Å². The van der Waals surface area contributed by atoms with E-state index in [-0.39, 0.29) is 25.7 Å². The monoisotopic (exact) mass is 437 g/mol. The third kappa shape index (κ3) is 5.25. The molecular formula is C21H28FN3O6. The summed E-state index contributed by atoms with van der Waals surface area (Å²) in [7, 11) is 0.